The van der Waals surface area contributed by atoms with Crippen molar-refractivity contribution in [3.63, 3.8) is 0 Å². The van der Waals surface area contributed by atoms with Gasteiger partial charge in [0.15, 0.2) is 5.82 Å². The molecule has 4 saturated carbocycles. The van der Waals surface area contributed by atoms with E-state index in [1.165, 1.54) is 30.4 Å². The molecule has 182 valence electrons. The zero-order valence-electron chi connectivity index (χ0n) is 21.0. The van der Waals surface area contributed by atoms with Gasteiger partial charge in [-0.25, -0.2) is 9.97 Å². The number of aromatic nitrogens is 2. The van der Waals surface area contributed by atoms with Crippen LogP contribution in [0, 0.1) is 29.1 Å². The Morgan fingerprint density at radius 1 is 0.632 bits per heavy atom. The second-order valence-corrected chi connectivity index (χ2v) is 12.2. The Hall–Kier alpha value is -3.98. The Balaban J connectivity index is 1.19. The topological polar surface area (TPSA) is 35.0 Å². The molecule has 0 amide bonds. The maximum absolute atomic E-state index is 6.57. The molecule has 6 atom stereocenters. The van der Waals surface area contributed by atoms with Gasteiger partial charge in [0.05, 0.1) is 11.2 Å². The van der Waals surface area contributed by atoms with Crippen molar-refractivity contribution < 1.29 is 4.74 Å². The van der Waals surface area contributed by atoms with E-state index in [2.05, 4.69) is 97.1 Å². The zero-order chi connectivity index (χ0) is 24.6. The van der Waals surface area contributed by atoms with E-state index < -0.39 is 0 Å². The zero-order valence-corrected chi connectivity index (χ0v) is 21.0. The number of para-hydroxylation sites is 2. The van der Waals surface area contributed by atoms with E-state index in [1.807, 2.05) is 0 Å². The molecule has 0 bridgehead atoms. The van der Waals surface area contributed by atoms with Crippen molar-refractivity contribution in [3.05, 3.63) is 108 Å². The molecular formula is C35H26N2O. The summed E-state index contributed by atoms with van der Waals surface area (Å²) >= 11 is 0. The molecule has 2 unspecified atom stereocenters. The molecule has 1 aromatic heterocycles. The number of hydrogen-bond donors (Lipinski definition) is 0. The number of benzene rings is 4. The summed E-state index contributed by atoms with van der Waals surface area (Å²) in [7, 11) is 0. The van der Waals surface area contributed by atoms with Gasteiger partial charge in [0, 0.05) is 33.1 Å². The van der Waals surface area contributed by atoms with Gasteiger partial charge >= 0.3 is 0 Å². The van der Waals surface area contributed by atoms with Crippen LogP contribution in [-0.2, 0) is 5.41 Å². The van der Waals surface area contributed by atoms with E-state index in [0.29, 0.717) is 5.41 Å². The van der Waals surface area contributed by atoms with Gasteiger partial charge in [0.2, 0.25) is 0 Å². The second-order valence-electron chi connectivity index (χ2n) is 12.2. The molecule has 1 aliphatic heterocycles. The highest BCUT2D eigenvalue weighted by Gasteiger charge is 2.90. The van der Waals surface area contributed by atoms with Gasteiger partial charge in [0.1, 0.15) is 11.5 Å². The number of nitrogens with zero attached hydrogens (tertiary/aromatic N) is 2. The Morgan fingerprint density at radius 3 is 2.21 bits per heavy atom. The molecule has 0 N–H and O–H groups in total. The van der Waals surface area contributed by atoms with Crippen LogP contribution in [0.2, 0.25) is 0 Å². The predicted molar refractivity (Wildman–Crippen MR) is 148 cm³/mol. The first-order chi connectivity index (χ1) is 18.8. The van der Waals surface area contributed by atoms with Crippen LogP contribution >= 0.6 is 0 Å². The highest BCUT2D eigenvalue weighted by atomic mass is 16.5. The van der Waals surface area contributed by atoms with Crippen molar-refractivity contribution in [3.8, 4) is 34.1 Å². The van der Waals surface area contributed by atoms with E-state index in [4.69, 9.17) is 14.7 Å². The van der Waals surface area contributed by atoms with Gasteiger partial charge < -0.3 is 4.74 Å². The summed E-state index contributed by atoms with van der Waals surface area (Å²) < 4.78 is 6.57. The minimum absolute atomic E-state index is 0.0761. The summed E-state index contributed by atoms with van der Waals surface area (Å²) in [4.78, 5) is 10.3. The Morgan fingerprint density at radius 2 is 1.37 bits per heavy atom. The smallest absolute Gasteiger partial charge is 0.160 e. The standard InChI is InChI=1S/C35H26N2O/c1-2-8-20(9-3-1)32-24-10-4-6-12-27(24)36-33(37-32)21-14-15-29-26(16-21)35(25-11-5-7-13-28(25)38-29)30-18-22-17-23-19-31(35)34(22,23)30/h1-16,22-23,30-31H,17-19H2/t22-,23?,30+,31-,34?,35-/m1/s1. The fourth-order valence-electron chi connectivity index (χ4n) is 9.88. The molecule has 0 radical (unpaired) electrons. The largest absolute Gasteiger partial charge is 0.457 e. The van der Waals surface area contributed by atoms with Crippen molar-refractivity contribution in [1.82, 2.24) is 9.97 Å². The lowest BCUT2D eigenvalue weighted by Gasteiger charge is -2.92. The normalized spacial score (nSPS) is 32.3. The first-order valence-corrected chi connectivity index (χ1v) is 14.0. The summed E-state index contributed by atoms with van der Waals surface area (Å²) in [5, 5.41) is 1.08. The van der Waals surface area contributed by atoms with Gasteiger partial charge in [0.25, 0.3) is 0 Å². The fraction of sp³-hybridized carbons (Fsp3) is 0.257. The van der Waals surface area contributed by atoms with E-state index in [-0.39, 0.29) is 5.41 Å². The number of rotatable bonds is 2. The van der Waals surface area contributed by atoms with Crippen LogP contribution < -0.4 is 4.74 Å². The predicted octanol–water partition coefficient (Wildman–Crippen LogP) is 8.03. The summed E-state index contributed by atoms with van der Waals surface area (Å²) in [6, 6.07) is 34.4. The molecule has 0 saturated heterocycles. The fourth-order valence-corrected chi connectivity index (χ4v) is 9.88. The minimum atomic E-state index is 0.0761. The molecule has 4 fully saturated rings. The molecule has 4 aromatic carbocycles. The number of hydrogen-bond acceptors (Lipinski definition) is 3. The van der Waals surface area contributed by atoms with Crippen LogP contribution in [-0.4, -0.2) is 9.97 Å². The lowest BCUT2D eigenvalue weighted by Crippen LogP contribution is -2.89. The van der Waals surface area contributed by atoms with Gasteiger partial charge in [-0.1, -0.05) is 66.7 Å². The van der Waals surface area contributed by atoms with Gasteiger partial charge in [-0.15, -0.1) is 0 Å². The molecule has 5 aliphatic rings. The van der Waals surface area contributed by atoms with Gasteiger partial charge in [-0.05, 0) is 78.7 Å². The Bertz CT molecular complexity index is 1800. The molecule has 3 nitrogen and oxygen atoms in total. The molecule has 5 aromatic rings. The third kappa shape index (κ3) is 2.04. The van der Waals surface area contributed by atoms with E-state index in [1.54, 1.807) is 0 Å². The molecule has 3 heteroatoms. The van der Waals surface area contributed by atoms with Crippen molar-refractivity contribution in [2.45, 2.75) is 24.7 Å². The SMILES string of the molecule is c1ccc(-c2nc(-c3ccc4c(c3)[C@@]3(c5ccccc5O4)[C@@H]4CC5C[C@@H]6C[C@H]3C564)nc3ccccc23)cc1. The van der Waals surface area contributed by atoms with Gasteiger partial charge in [-0.3, -0.25) is 0 Å². The third-order valence-electron chi connectivity index (χ3n) is 11.2. The quantitative estimate of drug-likeness (QED) is 0.251. The molecule has 4 aliphatic carbocycles. The number of fused-ring (bicyclic) bond motifs is 7. The average Bonchev–Trinajstić information content (AvgIpc) is 2.93. The molecule has 10 rings (SSSR count). The van der Waals surface area contributed by atoms with Crippen LogP contribution in [0.25, 0.3) is 33.5 Å². The van der Waals surface area contributed by atoms with Crippen molar-refractivity contribution in [2.75, 3.05) is 0 Å². The first kappa shape index (κ1) is 20.0. The summed E-state index contributed by atoms with van der Waals surface area (Å²) in [6.45, 7) is 0. The van der Waals surface area contributed by atoms with Crippen LogP contribution in [0.4, 0.5) is 0 Å². The van der Waals surface area contributed by atoms with Crippen LogP contribution in [0.3, 0.4) is 0 Å². The van der Waals surface area contributed by atoms with Crippen LogP contribution in [0.15, 0.2) is 97.1 Å². The Labute approximate surface area is 221 Å². The summed E-state index contributed by atoms with van der Waals surface area (Å²) in [5.74, 6) is 6.30. The van der Waals surface area contributed by atoms with E-state index in [9.17, 15) is 0 Å². The molecular weight excluding hydrogens is 464 g/mol. The molecule has 2 spiro atoms. The van der Waals surface area contributed by atoms with Gasteiger partial charge in [-0.2, -0.15) is 0 Å². The minimum Gasteiger partial charge on any atom is -0.457 e. The monoisotopic (exact) mass is 490 g/mol. The summed E-state index contributed by atoms with van der Waals surface area (Å²) in [5.41, 5.74) is 7.66. The second kappa shape index (κ2) is 6.53. The third-order valence-corrected chi connectivity index (χ3v) is 11.2. The first-order valence-electron chi connectivity index (χ1n) is 14.0. The maximum atomic E-state index is 6.57. The van der Waals surface area contributed by atoms with Crippen LogP contribution in [0.5, 0.6) is 11.5 Å². The van der Waals surface area contributed by atoms with Crippen LogP contribution in [0.1, 0.15) is 30.4 Å². The van der Waals surface area contributed by atoms with Crippen molar-refractivity contribution >= 4 is 10.9 Å². The summed E-state index contributed by atoms with van der Waals surface area (Å²) in [6.07, 6.45) is 4.21. The maximum Gasteiger partial charge on any atom is 0.160 e. The highest BCUT2D eigenvalue weighted by molar-refractivity contribution is 5.93. The van der Waals surface area contributed by atoms with E-state index >= 15 is 0 Å². The molecule has 38 heavy (non-hydrogen) atoms. The number of ether oxygens (including phenoxy) is 1. The highest BCUT2D eigenvalue weighted by Crippen LogP contribution is 2.94. The molecule has 2 heterocycles. The van der Waals surface area contributed by atoms with E-state index in [0.717, 1.165) is 68.7 Å². The Kier molecular flexibility index (Phi) is 3.44. The average molecular weight is 491 g/mol. The lowest BCUT2D eigenvalue weighted by molar-refractivity contribution is -0.413. The van der Waals surface area contributed by atoms with Crippen molar-refractivity contribution in [2.24, 2.45) is 29.1 Å². The van der Waals surface area contributed by atoms with Crippen molar-refractivity contribution in [1.29, 1.82) is 0 Å². The lowest BCUT2D eigenvalue weighted by atomic mass is 9.11.